The van der Waals surface area contributed by atoms with E-state index in [0.29, 0.717) is 18.7 Å². The Morgan fingerprint density at radius 1 is 0.909 bits per heavy atom. The molecule has 0 fully saturated rings. The third kappa shape index (κ3) is 7.00. The smallest absolute Gasteiger partial charge is 0.325 e. The first kappa shape index (κ1) is 24.2. The third-order valence-corrected chi connectivity index (χ3v) is 5.43. The highest BCUT2D eigenvalue weighted by Crippen LogP contribution is 2.28. The number of carbonyl (C=O) groups is 2. The number of anilines is 1. The molecule has 0 aliphatic rings. The second-order valence-electron chi connectivity index (χ2n) is 8.09. The largest absolute Gasteiger partial charge is 0.396 e. The number of nitrogens with one attached hydrogen (secondary N) is 2. The van der Waals surface area contributed by atoms with Gasteiger partial charge in [-0.15, -0.1) is 0 Å². The first-order valence-corrected chi connectivity index (χ1v) is 11.1. The van der Waals surface area contributed by atoms with Gasteiger partial charge >= 0.3 is 6.03 Å². The van der Waals surface area contributed by atoms with Crippen molar-refractivity contribution >= 4 is 17.6 Å². The van der Waals surface area contributed by atoms with E-state index >= 15 is 0 Å². The molecule has 0 aliphatic heterocycles. The molecule has 0 spiro atoms. The second-order valence-corrected chi connectivity index (χ2v) is 8.09. The van der Waals surface area contributed by atoms with Crippen LogP contribution in [0.2, 0.25) is 0 Å². The number of urea groups is 1. The molecule has 172 valence electrons. The molecule has 6 nitrogen and oxygen atoms in total. The monoisotopic (exact) mass is 445 g/mol. The van der Waals surface area contributed by atoms with E-state index in [1.165, 1.54) is 0 Å². The number of aliphatic hydroxyl groups excluding tert-OH is 1. The number of aryl methyl sites for hydroxylation is 2. The molecule has 33 heavy (non-hydrogen) atoms. The van der Waals surface area contributed by atoms with Gasteiger partial charge in [0.25, 0.3) is 0 Å². The zero-order valence-corrected chi connectivity index (χ0v) is 19.1. The fourth-order valence-corrected chi connectivity index (χ4v) is 3.92. The molecule has 0 aliphatic carbocycles. The first-order valence-electron chi connectivity index (χ1n) is 11.1. The summed E-state index contributed by atoms with van der Waals surface area (Å²) in [6.45, 7) is 4.41. The molecule has 3 amide bonds. The van der Waals surface area contributed by atoms with Gasteiger partial charge in [-0.25, -0.2) is 4.79 Å². The highest BCUT2D eigenvalue weighted by atomic mass is 16.3. The molecule has 3 rings (SSSR count). The highest BCUT2D eigenvalue weighted by Gasteiger charge is 2.24. The lowest BCUT2D eigenvalue weighted by Crippen LogP contribution is -2.43. The quantitative estimate of drug-likeness (QED) is 0.455. The Labute approximate surface area is 195 Å². The van der Waals surface area contributed by atoms with Crippen molar-refractivity contribution in [3.8, 4) is 0 Å². The summed E-state index contributed by atoms with van der Waals surface area (Å²) < 4.78 is 0. The van der Waals surface area contributed by atoms with E-state index in [2.05, 4.69) is 10.6 Å². The van der Waals surface area contributed by atoms with Crippen molar-refractivity contribution in [2.45, 2.75) is 26.3 Å². The van der Waals surface area contributed by atoms with Gasteiger partial charge < -0.3 is 10.4 Å². The minimum absolute atomic E-state index is 0.00869. The average Bonchev–Trinajstić information content (AvgIpc) is 2.80. The maximum absolute atomic E-state index is 12.8. The number of imide groups is 1. The van der Waals surface area contributed by atoms with Crippen LogP contribution < -0.4 is 10.6 Å². The molecule has 0 saturated carbocycles. The van der Waals surface area contributed by atoms with E-state index in [9.17, 15) is 14.7 Å². The van der Waals surface area contributed by atoms with Gasteiger partial charge in [-0.3, -0.25) is 15.0 Å². The molecule has 0 radical (unpaired) electrons. The van der Waals surface area contributed by atoms with E-state index in [1.807, 2.05) is 97.6 Å². The number of carbonyl (C=O) groups excluding carboxylic acids is 2. The van der Waals surface area contributed by atoms with Gasteiger partial charge in [-0.1, -0.05) is 78.4 Å². The van der Waals surface area contributed by atoms with Crippen molar-refractivity contribution in [2.75, 3.05) is 25.0 Å². The predicted molar refractivity (Wildman–Crippen MR) is 131 cm³/mol. The van der Waals surface area contributed by atoms with Crippen LogP contribution in [0.4, 0.5) is 10.5 Å². The number of aliphatic hydroxyl groups is 1. The van der Waals surface area contributed by atoms with Crippen LogP contribution in [-0.4, -0.2) is 41.6 Å². The van der Waals surface area contributed by atoms with Crippen LogP contribution in [0.25, 0.3) is 0 Å². The average molecular weight is 446 g/mol. The molecule has 3 N–H and O–H groups in total. The summed E-state index contributed by atoms with van der Waals surface area (Å²) in [5.74, 6) is -0.410. The van der Waals surface area contributed by atoms with Gasteiger partial charge in [0.05, 0.1) is 12.6 Å². The molecular weight excluding hydrogens is 414 g/mol. The van der Waals surface area contributed by atoms with Gasteiger partial charge in [0.15, 0.2) is 0 Å². The number of rotatable bonds is 9. The summed E-state index contributed by atoms with van der Waals surface area (Å²) in [5.41, 5.74) is 4.76. The molecule has 0 bridgehead atoms. The fraction of sp³-hybridized carbons (Fsp3) is 0.259. The lowest BCUT2D eigenvalue weighted by Gasteiger charge is -2.32. The standard InChI is InChI=1S/C27H31N3O3/c1-20-14-15-24(21(2)18-20)28-27(33)29-25(32)19-30(16-9-17-31)26(22-10-5-3-6-11-22)23-12-7-4-8-13-23/h3-8,10-15,18,26,31H,9,16-17,19H2,1-2H3,(H2,28,29,32,33). The summed E-state index contributed by atoms with van der Waals surface area (Å²) in [6.07, 6.45) is 0.512. The normalized spacial score (nSPS) is 10.9. The highest BCUT2D eigenvalue weighted by molar-refractivity contribution is 6.02. The minimum Gasteiger partial charge on any atom is -0.396 e. The fourth-order valence-electron chi connectivity index (χ4n) is 3.92. The summed E-state index contributed by atoms with van der Waals surface area (Å²) in [5, 5.41) is 14.6. The van der Waals surface area contributed by atoms with Crippen LogP contribution in [0.5, 0.6) is 0 Å². The molecule has 0 saturated heterocycles. The number of hydrogen-bond donors (Lipinski definition) is 3. The van der Waals surface area contributed by atoms with Crippen molar-refractivity contribution in [1.29, 1.82) is 0 Å². The summed E-state index contributed by atoms with van der Waals surface area (Å²) in [6, 6.07) is 24.8. The molecule has 0 unspecified atom stereocenters. The van der Waals surface area contributed by atoms with Gasteiger partial charge in [0, 0.05) is 18.8 Å². The summed E-state index contributed by atoms with van der Waals surface area (Å²) >= 11 is 0. The summed E-state index contributed by atoms with van der Waals surface area (Å²) in [7, 11) is 0. The number of nitrogens with zero attached hydrogens (tertiary/aromatic N) is 1. The third-order valence-electron chi connectivity index (χ3n) is 5.43. The number of hydrogen-bond acceptors (Lipinski definition) is 4. The van der Waals surface area contributed by atoms with Crippen LogP contribution in [0.3, 0.4) is 0 Å². The first-order chi connectivity index (χ1) is 16.0. The Morgan fingerprint density at radius 2 is 1.52 bits per heavy atom. The lowest BCUT2D eigenvalue weighted by atomic mass is 9.96. The molecule has 0 atom stereocenters. The van der Waals surface area contributed by atoms with Gasteiger partial charge in [-0.05, 0) is 43.0 Å². The van der Waals surface area contributed by atoms with Gasteiger partial charge in [0.2, 0.25) is 5.91 Å². The molecular formula is C27H31N3O3. The minimum atomic E-state index is -0.565. The lowest BCUT2D eigenvalue weighted by molar-refractivity contribution is -0.121. The molecule has 6 heteroatoms. The zero-order valence-electron chi connectivity index (χ0n) is 19.1. The Balaban J connectivity index is 1.76. The van der Waals surface area contributed by atoms with Crippen LogP contribution >= 0.6 is 0 Å². The molecule has 0 heterocycles. The Morgan fingerprint density at radius 3 is 2.06 bits per heavy atom. The van der Waals surface area contributed by atoms with E-state index in [0.717, 1.165) is 22.3 Å². The number of amides is 3. The van der Waals surface area contributed by atoms with Crippen molar-refractivity contribution in [3.63, 3.8) is 0 Å². The van der Waals surface area contributed by atoms with E-state index in [-0.39, 0.29) is 19.2 Å². The molecule has 3 aromatic rings. The van der Waals surface area contributed by atoms with Crippen molar-refractivity contribution in [3.05, 3.63) is 101 Å². The Hall–Kier alpha value is -3.48. The van der Waals surface area contributed by atoms with Crippen LogP contribution in [0.15, 0.2) is 78.9 Å². The molecule has 0 aromatic heterocycles. The molecule has 3 aromatic carbocycles. The predicted octanol–water partition coefficient (Wildman–Crippen LogP) is 4.43. The number of benzene rings is 3. The van der Waals surface area contributed by atoms with E-state index < -0.39 is 11.9 Å². The van der Waals surface area contributed by atoms with E-state index in [1.54, 1.807) is 0 Å². The zero-order chi connectivity index (χ0) is 23.6. The van der Waals surface area contributed by atoms with Crippen LogP contribution in [0, 0.1) is 13.8 Å². The Bertz CT molecular complexity index is 1020. The SMILES string of the molecule is Cc1ccc(NC(=O)NC(=O)CN(CCCO)C(c2ccccc2)c2ccccc2)c(C)c1. The van der Waals surface area contributed by atoms with E-state index in [4.69, 9.17) is 0 Å². The summed E-state index contributed by atoms with van der Waals surface area (Å²) in [4.78, 5) is 27.3. The van der Waals surface area contributed by atoms with Gasteiger partial charge in [-0.2, -0.15) is 0 Å². The van der Waals surface area contributed by atoms with Gasteiger partial charge in [0.1, 0.15) is 0 Å². The maximum atomic E-state index is 12.8. The van der Waals surface area contributed by atoms with Crippen molar-refractivity contribution in [1.82, 2.24) is 10.2 Å². The second kappa shape index (κ2) is 11.9. The van der Waals surface area contributed by atoms with Crippen molar-refractivity contribution in [2.24, 2.45) is 0 Å². The maximum Gasteiger partial charge on any atom is 0.325 e. The van der Waals surface area contributed by atoms with Crippen LogP contribution in [0.1, 0.15) is 34.7 Å². The van der Waals surface area contributed by atoms with Crippen molar-refractivity contribution < 1.29 is 14.7 Å². The van der Waals surface area contributed by atoms with Crippen LogP contribution in [-0.2, 0) is 4.79 Å². The Kier molecular flexibility index (Phi) is 8.75. The topological polar surface area (TPSA) is 81.7 Å².